The summed E-state index contributed by atoms with van der Waals surface area (Å²) in [6.45, 7) is 3.51. The molecule has 130 valence electrons. The third-order valence-electron chi connectivity index (χ3n) is 3.77. The number of anilines is 1. The summed E-state index contributed by atoms with van der Waals surface area (Å²) in [7, 11) is 0. The van der Waals surface area contributed by atoms with Crippen LogP contribution in [0.5, 0.6) is 5.75 Å². The van der Waals surface area contributed by atoms with Crippen LogP contribution >= 0.6 is 23.2 Å². The predicted octanol–water partition coefficient (Wildman–Crippen LogP) is 4.80. The van der Waals surface area contributed by atoms with Crippen LogP contribution < -0.4 is 15.8 Å². The molecule has 0 bridgehead atoms. The summed E-state index contributed by atoms with van der Waals surface area (Å²) in [6, 6.07) is 13.5. The van der Waals surface area contributed by atoms with Gasteiger partial charge in [-0.3, -0.25) is 0 Å². The highest BCUT2D eigenvalue weighted by Gasteiger charge is 2.09. The topological polar surface area (TPSA) is 60.2 Å². The zero-order valence-electron chi connectivity index (χ0n) is 13.9. The van der Waals surface area contributed by atoms with Crippen molar-refractivity contribution in [3.05, 3.63) is 63.8 Å². The van der Waals surface area contributed by atoms with Gasteiger partial charge < -0.3 is 15.8 Å². The quantitative estimate of drug-likeness (QED) is 0.649. The first kappa shape index (κ1) is 17.8. The molecule has 0 spiro atoms. The van der Waals surface area contributed by atoms with E-state index in [1.54, 1.807) is 6.07 Å². The fraction of sp³-hybridized carbons (Fsp3) is 0.211. The molecule has 0 saturated carbocycles. The highest BCUT2D eigenvalue weighted by molar-refractivity contribution is 6.42. The molecule has 6 heteroatoms. The molecule has 1 heterocycles. The molecule has 0 aliphatic rings. The van der Waals surface area contributed by atoms with Gasteiger partial charge in [-0.2, -0.15) is 0 Å². The molecular formula is C19H19Cl2N3O. The van der Waals surface area contributed by atoms with Crippen molar-refractivity contribution in [1.29, 1.82) is 0 Å². The average Bonchev–Trinajstić information content (AvgIpc) is 2.60. The van der Waals surface area contributed by atoms with Gasteiger partial charge in [0, 0.05) is 29.9 Å². The number of hydrogen-bond donors (Lipinski definition) is 2. The fourth-order valence-electron chi connectivity index (χ4n) is 2.63. The van der Waals surface area contributed by atoms with Gasteiger partial charge in [-0.25, -0.2) is 4.98 Å². The standard InChI is InChI=1S/C19H19Cl2N3O/c1-12-9-17(23-11-13-5-6-15(20)16(21)10-13)14-3-2-4-18(19(14)24-12)25-8-7-22/h2-6,9-10H,7-8,11,22H2,1H3,(H,23,24). The molecule has 0 atom stereocenters. The van der Waals surface area contributed by atoms with Crippen LogP contribution in [0, 0.1) is 6.92 Å². The number of hydrogen-bond acceptors (Lipinski definition) is 4. The monoisotopic (exact) mass is 375 g/mol. The number of nitrogens with one attached hydrogen (secondary N) is 1. The van der Waals surface area contributed by atoms with Crippen LogP contribution in [0.15, 0.2) is 42.5 Å². The highest BCUT2D eigenvalue weighted by Crippen LogP contribution is 2.31. The Morgan fingerprint density at radius 3 is 2.72 bits per heavy atom. The number of halogens is 2. The summed E-state index contributed by atoms with van der Waals surface area (Å²) >= 11 is 12.1. The van der Waals surface area contributed by atoms with Crippen LogP contribution in [0.3, 0.4) is 0 Å². The van der Waals surface area contributed by atoms with Gasteiger partial charge in [0.25, 0.3) is 0 Å². The Morgan fingerprint density at radius 1 is 1.12 bits per heavy atom. The number of benzene rings is 2. The van der Waals surface area contributed by atoms with Gasteiger partial charge in [-0.15, -0.1) is 0 Å². The van der Waals surface area contributed by atoms with Gasteiger partial charge >= 0.3 is 0 Å². The lowest BCUT2D eigenvalue weighted by Crippen LogP contribution is -2.11. The fourth-order valence-corrected chi connectivity index (χ4v) is 2.95. The Labute approximate surface area is 156 Å². The Kier molecular flexibility index (Phi) is 5.63. The zero-order chi connectivity index (χ0) is 17.8. The molecule has 25 heavy (non-hydrogen) atoms. The summed E-state index contributed by atoms with van der Waals surface area (Å²) in [4.78, 5) is 4.63. The Balaban J connectivity index is 1.91. The molecule has 3 N–H and O–H groups in total. The first-order valence-electron chi connectivity index (χ1n) is 7.99. The summed E-state index contributed by atoms with van der Waals surface area (Å²) in [6.07, 6.45) is 0. The molecule has 1 aromatic heterocycles. The normalized spacial score (nSPS) is 10.9. The van der Waals surface area contributed by atoms with Gasteiger partial charge in [0.2, 0.25) is 0 Å². The number of para-hydroxylation sites is 1. The molecule has 0 radical (unpaired) electrons. The summed E-state index contributed by atoms with van der Waals surface area (Å²) in [5.41, 5.74) is 9.31. The number of fused-ring (bicyclic) bond motifs is 1. The largest absolute Gasteiger partial charge is 0.490 e. The smallest absolute Gasteiger partial charge is 0.145 e. The minimum absolute atomic E-state index is 0.459. The lowest BCUT2D eigenvalue weighted by atomic mass is 10.1. The number of pyridine rings is 1. The van der Waals surface area contributed by atoms with Crippen molar-refractivity contribution < 1.29 is 4.74 Å². The van der Waals surface area contributed by atoms with Crippen molar-refractivity contribution in [2.75, 3.05) is 18.5 Å². The molecule has 0 unspecified atom stereocenters. The second-order valence-corrected chi connectivity index (χ2v) is 6.52. The number of ether oxygens (including phenoxy) is 1. The maximum atomic E-state index is 6.09. The van der Waals surface area contributed by atoms with Crippen LogP contribution in [0.25, 0.3) is 10.9 Å². The molecule has 3 aromatic rings. The molecule has 0 fully saturated rings. The van der Waals surface area contributed by atoms with Crippen molar-refractivity contribution in [2.24, 2.45) is 5.73 Å². The van der Waals surface area contributed by atoms with Crippen molar-refractivity contribution in [3.63, 3.8) is 0 Å². The van der Waals surface area contributed by atoms with Crippen molar-refractivity contribution in [3.8, 4) is 5.75 Å². The molecule has 2 aromatic carbocycles. The SMILES string of the molecule is Cc1cc(NCc2ccc(Cl)c(Cl)c2)c2cccc(OCCN)c2n1. The summed E-state index contributed by atoms with van der Waals surface area (Å²) in [5, 5.41) is 5.56. The molecule has 4 nitrogen and oxygen atoms in total. The number of aryl methyl sites for hydroxylation is 1. The van der Waals surface area contributed by atoms with E-state index in [0.717, 1.165) is 33.6 Å². The predicted molar refractivity (Wildman–Crippen MR) is 105 cm³/mol. The van der Waals surface area contributed by atoms with E-state index in [2.05, 4.69) is 10.3 Å². The number of aromatic nitrogens is 1. The Hall–Kier alpha value is -2.01. The van der Waals surface area contributed by atoms with Gasteiger partial charge in [0.15, 0.2) is 0 Å². The molecule has 0 saturated heterocycles. The second-order valence-electron chi connectivity index (χ2n) is 5.70. The van der Waals surface area contributed by atoms with E-state index in [9.17, 15) is 0 Å². The van der Waals surface area contributed by atoms with E-state index in [1.807, 2.05) is 43.3 Å². The minimum Gasteiger partial charge on any atom is -0.490 e. The first-order chi connectivity index (χ1) is 12.1. The maximum absolute atomic E-state index is 6.09. The van der Waals surface area contributed by atoms with E-state index in [1.165, 1.54) is 0 Å². The van der Waals surface area contributed by atoms with E-state index >= 15 is 0 Å². The van der Waals surface area contributed by atoms with E-state index in [4.69, 9.17) is 33.7 Å². The molecule has 0 amide bonds. The third-order valence-corrected chi connectivity index (χ3v) is 4.51. The van der Waals surface area contributed by atoms with Gasteiger partial charge in [0.05, 0.1) is 10.0 Å². The summed E-state index contributed by atoms with van der Waals surface area (Å²) < 4.78 is 5.72. The van der Waals surface area contributed by atoms with Crippen molar-refractivity contribution in [1.82, 2.24) is 4.98 Å². The lowest BCUT2D eigenvalue weighted by Gasteiger charge is -2.14. The lowest BCUT2D eigenvalue weighted by molar-refractivity contribution is 0.331. The first-order valence-corrected chi connectivity index (χ1v) is 8.75. The van der Waals surface area contributed by atoms with Crippen LogP contribution in [0.2, 0.25) is 10.0 Å². The second kappa shape index (κ2) is 7.91. The molecule has 3 rings (SSSR count). The van der Waals surface area contributed by atoms with E-state index in [0.29, 0.717) is 29.7 Å². The number of nitrogens with two attached hydrogens (primary N) is 1. The number of nitrogens with zero attached hydrogens (tertiary/aromatic N) is 1. The highest BCUT2D eigenvalue weighted by atomic mass is 35.5. The van der Waals surface area contributed by atoms with Gasteiger partial charge in [-0.05, 0) is 36.8 Å². The Bertz CT molecular complexity index is 899. The van der Waals surface area contributed by atoms with Gasteiger partial charge in [-0.1, -0.05) is 41.4 Å². The zero-order valence-corrected chi connectivity index (χ0v) is 15.4. The van der Waals surface area contributed by atoms with Crippen LogP contribution in [0.1, 0.15) is 11.3 Å². The van der Waals surface area contributed by atoms with Crippen LogP contribution in [-0.2, 0) is 6.54 Å². The van der Waals surface area contributed by atoms with E-state index < -0.39 is 0 Å². The number of rotatable bonds is 6. The summed E-state index contributed by atoms with van der Waals surface area (Å²) in [5.74, 6) is 0.740. The van der Waals surface area contributed by atoms with E-state index in [-0.39, 0.29) is 0 Å². The third kappa shape index (κ3) is 4.15. The van der Waals surface area contributed by atoms with Crippen LogP contribution in [0.4, 0.5) is 5.69 Å². The minimum atomic E-state index is 0.459. The van der Waals surface area contributed by atoms with Crippen molar-refractivity contribution in [2.45, 2.75) is 13.5 Å². The Morgan fingerprint density at radius 2 is 1.96 bits per heavy atom. The molecular weight excluding hydrogens is 357 g/mol. The van der Waals surface area contributed by atoms with Crippen molar-refractivity contribution >= 4 is 39.8 Å². The van der Waals surface area contributed by atoms with Crippen LogP contribution in [-0.4, -0.2) is 18.1 Å². The van der Waals surface area contributed by atoms with Gasteiger partial charge in [0.1, 0.15) is 17.9 Å². The molecule has 0 aliphatic carbocycles. The maximum Gasteiger partial charge on any atom is 0.145 e. The molecule has 0 aliphatic heterocycles. The average molecular weight is 376 g/mol.